The van der Waals surface area contributed by atoms with E-state index in [-0.39, 0.29) is 0 Å². The van der Waals surface area contributed by atoms with Crippen LogP contribution in [0.25, 0.3) is 0 Å². The Morgan fingerprint density at radius 3 is 3.00 bits per heavy atom. The van der Waals surface area contributed by atoms with Crippen LogP contribution < -0.4 is 4.74 Å². The Labute approximate surface area is 83.9 Å². The lowest BCUT2D eigenvalue weighted by Gasteiger charge is -2.05. The van der Waals surface area contributed by atoms with E-state index in [9.17, 15) is 4.79 Å². The van der Waals surface area contributed by atoms with Gasteiger partial charge in [-0.15, -0.1) is 0 Å². The van der Waals surface area contributed by atoms with Gasteiger partial charge in [0.15, 0.2) is 0 Å². The van der Waals surface area contributed by atoms with Crippen LogP contribution in [0.15, 0.2) is 24.3 Å². The first-order valence-corrected chi connectivity index (χ1v) is 5.04. The van der Waals surface area contributed by atoms with E-state index in [1.165, 1.54) is 12.8 Å². The third-order valence-electron chi connectivity index (χ3n) is 2.40. The Bertz CT molecular complexity index is 316. The van der Waals surface area contributed by atoms with Gasteiger partial charge >= 0.3 is 0 Å². The van der Waals surface area contributed by atoms with Crippen molar-refractivity contribution in [1.29, 1.82) is 0 Å². The van der Waals surface area contributed by atoms with E-state index in [1.807, 2.05) is 24.3 Å². The second kappa shape index (κ2) is 4.27. The lowest BCUT2D eigenvalue weighted by atomic mass is 10.1. The molecular weight excluding hydrogens is 176 g/mol. The molecule has 1 aromatic rings. The molecule has 0 N–H and O–H groups in total. The molecule has 0 aromatic heterocycles. The molecule has 1 aliphatic rings. The Balaban J connectivity index is 1.93. The van der Waals surface area contributed by atoms with Crippen LogP contribution in [0.3, 0.4) is 0 Å². The van der Waals surface area contributed by atoms with Gasteiger partial charge in [0.1, 0.15) is 12.0 Å². The molecule has 74 valence electrons. The molecule has 0 bridgehead atoms. The molecule has 2 nitrogen and oxygen atoms in total. The summed E-state index contributed by atoms with van der Waals surface area (Å²) >= 11 is 0. The molecule has 0 radical (unpaired) electrons. The first-order chi connectivity index (χ1) is 6.88. The summed E-state index contributed by atoms with van der Waals surface area (Å²) < 4.78 is 5.60. The summed E-state index contributed by atoms with van der Waals surface area (Å²) in [5, 5.41) is 0. The van der Waals surface area contributed by atoms with Gasteiger partial charge < -0.3 is 9.53 Å². The molecule has 0 saturated heterocycles. The molecular formula is C12H14O2. The molecule has 0 spiro atoms. The summed E-state index contributed by atoms with van der Waals surface area (Å²) in [6.45, 7) is 0.824. The predicted molar refractivity (Wildman–Crippen MR) is 54.4 cm³/mol. The van der Waals surface area contributed by atoms with Gasteiger partial charge in [0.2, 0.25) is 0 Å². The van der Waals surface area contributed by atoms with Gasteiger partial charge in [-0.05, 0) is 36.5 Å². The average Bonchev–Trinajstić information content (AvgIpc) is 2.99. The zero-order valence-electron chi connectivity index (χ0n) is 8.11. The maximum absolute atomic E-state index is 10.3. The van der Waals surface area contributed by atoms with Crippen molar-refractivity contribution in [3.8, 4) is 5.75 Å². The van der Waals surface area contributed by atoms with Crippen molar-refractivity contribution < 1.29 is 9.53 Å². The number of benzene rings is 1. The summed E-state index contributed by atoms with van der Waals surface area (Å²) in [4.78, 5) is 10.3. The largest absolute Gasteiger partial charge is 0.493 e. The van der Waals surface area contributed by atoms with Crippen LogP contribution in [-0.4, -0.2) is 12.9 Å². The monoisotopic (exact) mass is 190 g/mol. The van der Waals surface area contributed by atoms with Crippen molar-refractivity contribution in [2.75, 3.05) is 6.61 Å². The Morgan fingerprint density at radius 1 is 1.43 bits per heavy atom. The molecule has 0 unspecified atom stereocenters. The van der Waals surface area contributed by atoms with E-state index >= 15 is 0 Å². The number of hydrogen-bond acceptors (Lipinski definition) is 2. The maximum Gasteiger partial charge on any atom is 0.124 e. The van der Waals surface area contributed by atoms with E-state index in [2.05, 4.69) is 0 Å². The number of rotatable bonds is 5. The van der Waals surface area contributed by atoms with Gasteiger partial charge in [-0.3, -0.25) is 0 Å². The molecule has 2 heteroatoms. The molecule has 0 atom stereocenters. The second-order valence-electron chi connectivity index (χ2n) is 3.77. The van der Waals surface area contributed by atoms with Gasteiger partial charge in [0.25, 0.3) is 0 Å². The summed E-state index contributed by atoms with van der Waals surface area (Å²) in [7, 11) is 0. The predicted octanol–water partition coefficient (Wildman–Crippen LogP) is 2.22. The SMILES string of the molecule is O=CCc1cccc(OCC2CC2)c1. The quantitative estimate of drug-likeness (QED) is 0.665. The van der Waals surface area contributed by atoms with Crippen LogP contribution in [0.4, 0.5) is 0 Å². The zero-order chi connectivity index (χ0) is 9.80. The van der Waals surface area contributed by atoms with E-state index in [4.69, 9.17) is 4.74 Å². The van der Waals surface area contributed by atoms with Crippen molar-refractivity contribution in [3.05, 3.63) is 29.8 Å². The molecule has 2 rings (SSSR count). The number of hydrogen-bond donors (Lipinski definition) is 0. The molecule has 0 amide bonds. The Kier molecular flexibility index (Phi) is 2.82. The molecule has 14 heavy (non-hydrogen) atoms. The standard InChI is InChI=1S/C12H14O2/c13-7-6-10-2-1-3-12(8-10)14-9-11-4-5-11/h1-3,7-8,11H,4-6,9H2. The van der Waals surface area contributed by atoms with Gasteiger partial charge in [-0.2, -0.15) is 0 Å². The lowest BCUT2D eigenvalue weighted by Crippen LogP contribution is -1.99. The molecule has 1 fully saturated rings. The minimum Gasteiger partial charge on any atom is -0.493 e. The summed E-state index contributed by atoms with van der Waals surface area (Å²) in [5.74, 6) is 1.65. The molecule has 1 aliphatic carbocycles. The fraction of sp³-hybridized carbons (Fsp3) is 0.417. The molecule has 0 aliphatic heterocycles. The maximum atomic E-state index is 10.3. The van der Waals surface area contributed by atoms with Crippen LogP contribution in [0.5, 0.6) is 5.75 Å². The third kappa shape index (κ3) is 2.59. The van der Waals surface area contributed by atoms with Crippen molar-refractivity contribution in [2.24, 2.45) is 5.92 Å². The van der Waals surface area contributed by atoms with Crippen molar-refractivity contribution in [1.82, 2.24) is 0 Å². The first-order valence-electron chi connectivity index (χ1n) is 5.04. The van der Waals surface area contributed by atoms with E-state index in [0.717, 1.165) is 30.1 Å². The van der Waals surface area contributed by atoms with Crippen molar-refractivity contribution >= 4 is 6.29 Å². The number of ether oxygens (including phenoxy) is 1. The minimum absolute atomic E-state index is 0.473. The average molecular weight is 190 g/mol. The molecule has 1 saturated carbocycles. The highest BCUT2D eigenvalue weighted by Gasteiger charge is 2.21. The van der Waals surface area contributed by atoms with Crippen LogP contribution in [0, 0.1) is 5.92 Å². The van der Waals surface area contributed by atoms with E-state index < -0.39 is 0 Å². The summed E-state index contributed by atoms with van der Waals surface area (Å²) in [6.07, 6.45) is 3.99. The highest BCUT2D eigenvalue weighted by Crippen LogP contribution is 2.29. The molecule has 1 aromatic carbocycles. The first kappa shape index (κ1) is 9.25. The van der Waals surface area contributed by atoms with Crippen LogP contribution >= 0.6 is 0 Å². The van der Waals surface area contributed by atoms with Gasteiger partial charge in [0.05, 0.1) is 6.61 Å². The fourth-order valence-corrected chi connectivity index (χ4v) is 1.36. The van der Waals surface area contributed by atoms with Crippen molar-refractivity contribution in [3.63, 3.8) is 0 Å². The van der Waals surface area contributed by atoms with Gasteiger partial charge in [0, 0.05) is 6.42 Å². The van der Waals surface area contributed by atoms with E-state index in [1.54, 1.807) is 0 Å². The topological polar surface area (TPSA) is 26.3 Å². The van der Waals surface area contributed by atoms with Crippen LogP contribution in [0.2, 0.25) is 0 Å². The highest BCUT2D eigenvalue weighted by molar-refractivity contribution is 5.55. The Morgan fingerprint density at radius 2 is 2.29 bits per heavy atom. The Hall–Kier alpha value is -1.31. The smallest absolute Gasteiger partial charge is 0.124 e. The van der Waals surface area contributed by atoms with Crippen molar-refractivity contribution in [2.45, 2.75) is 19.3 Å². The summed E-state index contributed by atoms with van der Waals surface area (Å²) in [6, 6.07) is 7.76. The molecule has 0 heterocycles. The summed E-state index contributed by atoms with van der Waals surface area (Å²) in [5.41, 5.74) is 1.02. The number of carbonyl (C=O) groups excluding carboxylic acids is 1. The van der Waals surface area contributed by atoms with Crippen LogP contribution in [-0.2, 0) is 11.2 Å². The number of aldehydes is 1. The minimum atomic E-state index is 0.473. The fourth-order valence-electron chi connectivity index (χ4n) is 1.36. The van der Waals surface area contributed by atoms with Gasteiger partial charge in [-0.25, -0.2) is 0 Å². The lowest BCUT2D eigenvalue weighted by molar-refractivity contribution is -0.107. The van der Waals surface area contributed by atoms with E-state index in [0.29, 0.717) is 6.42 Å². The third-order valence-corrected chi connectivity index (χ3v) is 2.40. The highest BCUT2D eigenvalue weighted by atomic mass is 16.5. The zero-order valence-corrected chi connectivity index (χ0v) is 8.11. The van der Waals surface area contributed by atoms with Crippen LogP contribution in [0.1, 0.15) is 18.4 Å². The number of carbonyl (C=O) groups is 1. The normalized spacial score (nSPS) is 15.1. The van der Waals surface area contributed by atoms with Gasteiger partial charge in [-0.1, -0.05) is 12.1 Å². The second-order valence-corrected chi connectivity index (χ2v) is 3.77.